The number of anilines is 1. The van der Waals surface area contributed by atoms with E-state index in [4.69, 9.17) is 9.56 Å². The first-order chi connectivity index (χ1) is 12.4. The summed E-state index contributed by atoms with van der Waals surface area (Å²) in [7, 11) is -13.6. The minimum Gasteiger partial charge on any atom is -0.467 e. The van der Waals surface area contributed by atoms with Gasteiger partial charge in [0.15, 0.2) is 9.84 Å². The molecule has 1 aromatic carbocycles. The van der Waals surface area contributed by atoms with Gasteiger partial charge in [-0.05, 0) is 30.7 Å². The highest BCUT2D eigenvalue weighted by atomic mass is 32.2. The lowest BCUT2D eigenvalue weighted by atomic mass is 10.3. The molecule has 0 bridgehead atoms. The van der Waals surface area contributed by atoms with E-state index in [1.54, 1.807) is 19.1 Å². The van der Waals surface area contributed by atoms with Crippen LogP contribution in [-0.2, 0) is 36.5 Å². The zero-order valence-corrected chi connectivity index (χ0v) is 16.6. The van der Waals surface area contributed by atoms with Gasteiger partial charge in [-0.25, -0.2) is 22.0 Å². The maximum atomic E-state index is 12.5. The fraction of sp³-hybridized carbons (Fsp3) is 0.286. The predicted molar refractivity (Wildman–Crippen MR) is 96.0 cm³/mol. The van der Waals surface area contributed by atoms with E-state index in [2.05, 4.69) is 5.32 Å². The van der Waals surface area contributed by atoms with Crippen LogP contribution in [0.3, 0.4) is 0 Å². The molecule has 2 rings (SSSR count). The molecule has 150 valence electrons. The second-order valence-corrected chi connectivity index (χ2v) is 10.6. The molecule has 0 atom stereocenters. The summed E-state index contributed by atoms with van der Waals surface area (Å²) in [5.74, 6) is 0.0167. The summed E-state index contributed by atoms with van der Waals surface area (Å²) >= 11 is 0. The van der Waals surface area contributed by atoms with E-state index in [1.807, 2.05) is 0 Å². The molecule has 2 aromatic rings. The van der Waals surface area contributed by atoms with E-state index >= 15 is 0 Å². The number of nitrogens with two attached hydrogens (primary N) is 1. The van der Waals surface area contributed by atoms with Crippen molar-refractivity contribution in [2.24, 2.45) is 5.14 Å². The molecule has 0 saturated carbocycles. The van der Waals surface area contributed by atoms with E-state index in [9.17, 15) is 29.8 Å². The summed E-state index contributed by atoms with van der Waals surface area (Å²) in [4.78, 5) is -2.39. The van der Waals surface area contributed by atoms with Crippen molar-refractivity contribution in [3.63, 3.8) is 0 Å². The molecular formula is C14H18N2O8S3. The number of nitrogens with one attached hydrogen (secondary N) is 1. The summed E-state index contributed by atoms with van der Waals surface area (Å²) in [6.45, 7) is 1.54. The molecule has 10 nitrogen and oxygen atoms in total. The van der Waals surface area contributed by atoms with Gasteiger partial charge in [0, 0.05) is 0 Å². The zero-order valence-electron chi connectivity index (χ0n) is 14.1. The van der Waals surface area contributed by atoms with Gasteiger partial charge in [0.05, 0.1) is 29.1 Å². The topological polar surface area (TPSA) is 174 Å². The standard InChI is InChI=1S/C14H18N2O8S3/c1-2-6-25(17,18)13-7-11(16-9-10-4-3-5-24-10)12(27(21,22)23)8-14(13)26(15,19)20/h3-5,7-8,16H,2,6,9H2,1H3,(H2,15,19,20)(H,21,22,23). The van der Waals surface area contributed by atoms with Crippen LogP contribution in [0.1, 0.15) is 19.1 Å². The Bertz CT molecular complexity index is 1140. The second kappa shape index (κ2) is 7.59. The van der Waals surface area contributed by atoms with Crippen LogP contribution in [0.4, 0.5) is 5.69 Å². The highest BCUT2D eigenvalue weighted by molar-refractivity contribution is 7.93. The number of primary sulfonamides is 1. The Balaban J connectivity index is 2.73. The summed E-state index contributed by atoms with van der Waals surface area (Å²) in [6, 6.07) is 4.52. The monoisotopic (exact) mass is 438 g/mol. The first-order valence-electron chi connectivity index (χ1n) is 7.53. The smallest absolute Gasteiger partial charge is 0.296 e. The fourth-order valence-electron chi connectivity index (χ4n) is 2.33. The quantitative estimate of drug-likeness (QED) is 0.507. The van der Waals surface area contributed by atoms with E-state index in [-0.39, 0.29) is 24.4 Å². The normalized spacial score (nSPS) is 12.9. The molecule has 27 heavy (non-hydrogen) atoms. The van der Waals surface area contributed by atoms with Gasteiger partial charge in [-0.15, -0.1) is 0 Å². The van der Waals surface area contributed by atoms with Crippen LogP contribution in [0.15, 0.2) is 49.6 Å². The van der Waals surface area contributed by atoms with Crippen molar-refractivity contribution >= 4 is 35.7 Å². The highest BCUT2D eigenvalue weighted by Gasteiger charge is 2.29. The van der Waals surface area contributed by atoms with Gasteiger partial charge in [0.1, 0.15) is 15.6 Å². The second-order valence-electron chi connectivity index (χ2n) is 5.57. The Morgan fingerprint density at radius 2 is 1.74 bits per heavy atom. The minimum atomic E-state index is -4.89. The summed E-state index contributed by atoms with van der Waals surface area (Å²) in [5, 5.41) is 7.68. The Labute approximate surface area is 157 Å². The fourth-order valence-corrected chi connectivity index (χ4v) is 5.85. The number of furan rings is 1. The number of hydrogen-bond acceptors (Lipinski definition) is 8. The third-order valence-corrected chi connectivity index (χ3v) is 7.40. The SMILES string of the molecule is CCCS(=O)(=O)c1cc(NCc2ccco2)c(S(=O)(=O)O)cc1S(N)(=O)=O. The molecule has 0 aliphatic rings. The Morgan fingerprint density at radius 3 is 2.22 bits per heavy atom. The minimum absolute atomic E-state index is 0.0441. The summed E-state index contributed by atoms with van der Waals surface area (Å²) in [5.41, 5.74) is -0.309. The zero-order chi connectivity index (χ0) is 20.5. The van der Waals surface area contributed by atoms with Gasteiger partial charge in [-0.2, -0.15) is 8.42 Å². The molecule has 0 aliphatic heterocycles. The Kier molecular flexibility index (Phi) is 6.01. The van der Waals surface area contributed by atoms with Crippen molar-refractivity contribution in [3.05, 3.63) is 36.3 Å². The van der Waals surface area contributed by atoms with Crippen LogP contribution in [0.2, 0.25) is 0 Å². The van der Waals surface area contributed by atoms with Gasteiger partial charge in [-0.3, -0.25) is 4.55 Å². The molecule has 0 unspecified atom stereocenters. The maximum absolute atomic E-state index is 12.5. The van der Waals surface area contributed by atoms with Crippen molar-refractivity contribution in [2.45, 2.75) is 34.6 Å². The Morgan fingerprint density at radius 1 is 1.07 bits per heavy atom. The van der Waals surface area contributed by atoms with Gasteiger partial charge in [0.25, 0.3) is 10.1 Å². The van der Waals surface area contributed by atoms with Crippen LogP contribution >= 0.6 is 0 Å². The van der Waals surface area contributed by atoms with Crippen molar-refractivity contribution in [1.82, 2.24) is 0 Å². The van der Waals surface area contributed by atoms with Crippen molar-refractivity contribution in [2.75, 3.05) is 11.1 Å². The van der Waals surface area contributed by atoms with E-state index in [0.717, 1.165) is 6.07 Å². The van der Waals surface area contributed by atoms with Gasteiger partial charge < -0.3 is 9.73 Å². The van der Waals surface area contributed by atoms with E-state index < -0.39 is 44.7 Å². The van der Waals surface area contributed by atoms with Crippen molar-refractivity contribution < 1.29 is 34.2 Å². The molecular weight excluding hydrogens is 420 g/mol. The first kappa shape index (κ1) is 21.4. The lowest BCUT2D eigenvalue weighted by molar-refractivity contribution is 0.482. The molecule has 0 spiro atoms. The average Bonchev–Trinajstić information content (AvgIpc) is 3.03. The molecule has 0 radical (unpaired) electrons. The molecule has 0 amide bonds. The third kappa shape index (κ3) is 5.07. The van der Waals surface area contributed by atoms with Crippen LogP contribution in [-0.4, -0.2) is 35.6 Å². The highest BCUT2D eigenvalue weighted by Crippen LogP contribution is 2.32. The number of hydrogen-bond donors (Lipinski definition) is 3. The van der Waals surface area contributed by atoms with Gasteiger partial charge >= 0.3 is 0 Å². The third-order valence-electron chi connectivity index (χ3n) is 3.47. The van der Waals surface area contributed by atoms with Crippen LogP contribution < -0.4 is 10.5 Å². The first-order valence-corrected chi connectivity index (χ1v) is 12.2. The maximum Gasteiger partial charge on any atom is 0.296 e. The lowest BCUT2D eigenvalue weighted by Gasteiger charge is -2.15. The molecule has 0 aliphatic carbocycles. The number of sulfonamides is 1. The molecule has 1 aromatic heterocycles. The van der Waals surface area contributed by atoms with Crippen molar-refractivity contribution in [1.29, 1.82) is 0 Å². The molecule has 0 saturated heterocycles. The van der Waals surface area contributed by atoms with Crippen LogP contribution in [0.25, 0.3) is 0 Å². The van der Waals surface area contributed by atoms with E-state index in [0.29, 0.717) is 11.8 Å². The van der Waals surface area contributed by atoms with Crippen LogP contribution in [0.5, 0.6) is 0 Å². The number of sulfone groups is 1. The number of rotatable bonds is 8. The summed E-state index contributed by atoms with van der Waals surface area (Å²) in [6.07, 6.45) is 1.57. The Hall–Kier alpha value is -1.93. The van der Waals surface area contributed by atoms with Crippen LogP contribution in [0, 0.1) is 0 Å². The number of benzene rings is 1. The average molecular weight is 439 g/mol. The molecule has 0 fully saturated rings. The molecule has 13 heteroatoms. The van der Waals surface area contributed by atoms with Crippen molar-refractivity contribution in [3.8, 4) is 0 Å². The molecule has 1 heterocycles. The lowest BCUT2D eigenvalue weighted by Crippen LogP contribution is -2.20. The van der Waals surface area contributed by atoms with Gasteiger partial charge in [-0.1, -0.05) is 6.92 Å². The van der Waals surface area contributed by atoms with E-state index in [1.165, 1.54) is 6.26 Å². The predicted octanol–water partition coefficient (Wildman–Crippen LogP) is 0.970. The van der Waals surface area contributed by atoms with Gasteiger partial charge in [0.2, 0.25) is 10.0 Å². The largest absolute Gasteiger partial charge is 0.467 e. The molecule has 4 N–H and O–H groups in total. The summed E-state index contributed by atoms with van der Waals surface area (Å²) < 4.78 is 86.5.